The molecule has 1 atom stereocenters. The van der Waals surface area contributed by atoms with Gasteiger partial charge in [-0.3, -0.25) is 10.1 Å². The van der Waals surface area contributed by atoms with Crippen molar-refractivity contribution in [2.24, 2.45) is 11.8 Å². The maximum absolute atomic E-state index is 10.5. The molecule has 1 aromatic carbocycles. The monoisotopic (exact) mass is 279 g/mol. The summed E-state index contributed by atoms with van der Waals surface area (Å²) in [7, 11) is 0. The molecule has 0 aromatic heterocycles. The summed E-state index contributed by atoms with van der Waals surface area (Å²) < 4.78 is 5.62. The van der Waals surface area contributed by atoms with Gasteiger partial charge in [-0.2, -0.15) is 0 Å². The van der Waals surface area contributed by atoms with E-state index < -0.39 is 4.92 Å². The number of nitro groups is 1. The molecule has 0 aliphatic carbocycles. The number of hydrogen-bond donors (Lipinski definition) is 0. The highest BCUT2D eigenvalue weighted by Crippen LogP contribution is 2.19. The maximum atomic E-state index is 10.5. The van der Waals surface area contributed by atoms with Crippen LogP contribution in [0.15, 0.2) is 24.3 Å². The van der Waals surface area contributed by atoms with Crippen molar-refractivity contribution in [1.82, 2.24) is 0 Å². The molecule has 0 unspecified atom stereocenters. The van der Waals surface area contributed by atoms with Gasteiger partial charge in [0.2, 0.25) is 0 Å². The number of nitro benzene ring substituents is 1. The van der Waals surface area contributed by atoms with Crippen LogP contribution in [0.4, 0.5) is 5.69 Å². The quantitative estimate of drug-likeness (QED) is 0.480. The van der Waals surface area contributed by atoms with Crippen molar-refractivity contribution in [3.63, 3.8) is 0 Å². The minimum absolute atomic E-state index is 0.0967. The minimum Gasteiger partial charge on any atom is -0.494 e. The lowest BCUT2D eigenvalue weighted by Gasteiger charge is -2.13. The zero-order chi connectivity index (χ0) is 15.0. The predicted octanol–water partition coefficient (Wildman–Crippen LogP) is 4.83. The molecule has 1 rings (SSSR count). The molecule has 0 heterocycles. The zero-order valence-corrected chi connectivity index (χ0v) is 12.7. The van der Waals surface area contributed by atoms with E-state index >= 15 is 0 Å². The Morgan fingerprint density at radius 1 is 1.10 bits per heavy atom. The Kier molecular flexibility index (Phi) is 7.05. The highest BCUT2D eigenvalue weighted by Gasteiger charge is 2.06. The molecular formula is C16H25NO3. The highest BCUT2D eigenvalue weighted by molar-refractivity contribution is 5.35. The van der Waals surface area contributed by atoms with Crippen LogP contribution in [0, 0.1) is 22.0 Å². The van der Waals surface area contributed by atoms with Gasteiger partial charge in [-0.05, 0) is 30.4 Å². The molecule has 0 spiro atoms. The Labute approximate surface area is 121 Å². The van der Waals surface area contributed by atoms with Gasteiger partial charge in [0.1, 0.15) is 5.75 Å². The number of hydrogen-bond acceptors (Lipinski definition) is 3. The molecule has 20 heavy (non-hydrogen) atoms. The first-order valence-corrected chi connectivity index (χ1v) is 7.36. The first-order chi connectivity index (χ1) is 9.49. The normalized spacial score (nSPS) is 12.4. The van der Waals surface area contributed by atoms with Gasteiger partial charge in [0, 0.05) is 12.1 Å². The average molecular weight is 279 g/mol. The van der Waals surface area contributed by atoms with E-state index in [0.29, 0.717) is 18.3 Å². The molecule has 0 N–H and O–H groups in total. The molecule has 0 bridgehead atoms. The summed E-state index contributed by atoms with van der Waals surface area (Å²) in [6.07, 6.45) is 4.82. The molecule has 0 saturated carbocycles. The van der Waals surface area contributed by atoms with Crippen LogP contribution in [-0.4, -0.2) is 11.5 Å². The van der Waals surface area contributed by atoms with E-state index in [4.69, 9.17) is 4.74 Å². The van der Waals surface area contributed by atoms with Crippen molar-refractivity contribution in [3.8, 4) is 5.75 Å². The van der Waals surface area contributed by atoms with Gasteiger partial charge in [-0.1, -0.05) is 40.0 Å². The van der Waals surface area contributed by atoms with Gasteiger partial charge in [0.05, 0.1) is 11.5 Å². The molecule has 0 fully saturated rings. The zero-order valence-electron chi connectivity index (χ0n) is 12.7. The second kappa shape index (κ2) is 8.56. The van der Waals surface area contributed by atoms with Crippen molar-refractivity contribution < 1.29 is 9.66 Å². The first-order valence-electron chi connectivity index (χ1n) is 7.36. The Morgan fingerprint density at radius 2 is 1.75 bits per heavy atom. The molecule has 0 aliphatic rings. The number of rotatable bonds is 9. The molecular weight excluding hydrogens is 254 g/mol. The number of ether oxygens (including phenoxy) is 1. The fraction of sp³-hybridized carbons (Fsp3) is 0.625. The summed E-state index contributed by atoms with van der Waals surface area (Å²) >= 11 is 0. The maximum Gasteiger partial charge on any atom is 0.269 e. The molecule has 0 saturated heterocycles. The van der Waals surface area contributed by atoms with Crippen molar-refractivity contribution in [3.05, 3.63) is 34.4 Å². The van der Waals surface area contributed by atoms with Crippen LogP contribution in [0.25, 0.3) is 0 Å². The second-order valence-electron chi connectivity index (χ2n) is 5.82. The summed E-state index contributed by atoms with van der Waals surface area (Å²) in [5, 5.41) is 10.5. The van der Waals surface area contributed by atoms with E-state index in [1.165, 1.54) is 31.4 Å². The van der Waals surface area contributed by atoms with E-state index in [9.17, 15) is 10.1 Å². The van der Waals surface area contributed by atoms with Crippen LogP contribution in [0.2, 0.25) is 0 Å². The predicted molar refractivity (Wildman–Crippen MR) is 81.1 cm³/mol. The fourth-order valence-electron chi connectivity index (χ4n) is 2.06. The van der Waals surface area contributed by atoms with Gasteiger partial charge >= 0.3 is 0 Å². The summed E-state index contributed by atoms with van der Waals surface area (Å²) in [4.78, 5) is 10.1. The van der Waals surface area contributed by atoms with Crippen LogP contribution in [0.5, 0.6) is 5.75 Å². The van der Waals surface area contributed by atoms with Crippen molar-refractivity contribution in [2.75, 3.05) is 6.61 Å². The van der Waals surface area contributed by atoms with Crippen LogP contribution >= 0.6 is 0 Å². The van der Waals surface area contributed by atoms with Crippen molar-refractivity contribution >= 4 is 5.69 Å². The molecule has 0 amide bonds. The number of benzene rings is 1. The smallest absolute Gasteiger partial charge is 0.269 e. The highest BCUT2D eigenvalue weighted by atomic mass is 16.6. The summed E-state index contributed by atoms with van der Waals surface area (Å²) in [6, 6.07) is 6.26. The third kappa shape index (κ3) is 6.55. The third-order valence-corrected chi connectivity index (χ3v) is 3.41. The molecule has 4 heteroatoms. The largest absolute Gasteiger partial charge is 0.494 e. The van der Waals surface area contributed by atoms with Crippen LogP contribution in [0.3, 0.4) is 0 Å². The Hall–Kier alpha value is -1.58. The van der Waals surface area contributed by atoms with Crippen LogP contribution in [0.1, 0.15) is 46.5 Å². The minimum atomic E-state index is -0.402. The first kappa shape index (κ1) is 16.5. The summed E-state index contributed by atoms with van der Waals surface area (Å²) in [5.41, 5.74) is 0.0967. The lowest BCUT2D eigenvalue weighted by atomic mass is 9.98. The second-order valence-corrected chi connectivity index (χ2v) is 5.82. The fourth-order valence-corrected chi connectivity index (χ4v) is 2.06. The molecule has 112 valence electrons. The van der Waals surface area contributed by atoms with E-state index in [1.807, 2.05) is 0 Å². The summed E-state index contributed by atoms with van der Waals surface area (Å²) in [5.74, 6) is 2.13. The Balaban J connectivity index is 2.21. The van der Waals surface area contributed by atoms with E-state index in [0.717, 1.165) is 12.3 Å². The Bertz CT molecular complexity index is 401. The lowest BCUT2D eigenvalue weighted by Crippen LogP contribution is -2.04. The van der Waals surface area contributed by atoms with Crippen molar-refractivity contribution in [1.29, 1.82) is 0 Å². The molecule has 0 aliphatic heterocycles. The van der Waals surface area contributed by atoms with Gasteiger partial charge < -0.3 is 4.74 Å². The Morgan fingerprint density at radius 3 is 2.30 bits per heavy atom. The number of nitrogens with zero attached hydrogens (tertiary/aromatic N) is 1. The van der Waals surface area contributed by atoms with E-state index in [2.05, 4.69) is 20.8 Å². The lowest BCUT2D eigenvalue weighted by molar-refractivity contribution is -0.384. The van der Waals surface area contributed by atoms with Crippen molar-refractivity contribution in [2.45, 2.75) is 46.5 Å². The van der Waals surface area contributed by atoms with Gasteiger partial charge in [0.25, 0.3) is 5.69 Å². The topological polar surface area (TPSA) is 52.4 Å². The van der Waals surface area contributed by atoms with Crippen LogP contribution < -0.4 is 4.74 Å². The standard InChI is InChI=1S/C16H25NO3/c1-13(2)5-4-6-14(3)11-12-20-16-9-7-15(8-10-16)17(18)19/h7-10,13-14H,4-6,11-12H2,1-3H3/t14-/m0/s1. The van der Waals surface area contributed by atoms with Gasteiger partial charge in [-0.25, -0.2) is 0 Å². The van der Waals surface area contributed by atoms with Crippen LogP contribution in [-0.2, 0) is 0 Å². The third-order valence-electron chi connectivity index (χ3n) is 3.41. The van der Waals surface area contributed by atoms with E-state index in [1.54, 1.807) is 12.1 Å². The van der Waals surface area contributed by atoms with Gasteiger partial charge in [-0.15, -0.1) is 0 Å². The van der Waals surface area contributed by atoms with E-state index in [-0.39, 0.29) is 5.69 Å². The number of non-ortho nitro benzene ring substituents is 1. The SMILES string of the molecule is CC(C)CCC[C@H](C)CCOc1ccc([N+](=O)[O-])cc1. The summed E-state index contributed by atoms with van der Waals surface area (Å²) in [6.45, 7) is 7.42. The molecule has 0 radical (unpaired) electrons. The molecule has 1 aromatic rings. The van der Waals surface area contributed by atoms with Gasteiger partial charge in [0.15, 0.2) is 0 Å². The molecule has 4 nitrogen and oxygen atoms in total. The average Bonchev–Trinajstić information content (AvgIpc) is 2.39.